The van der Waals surface area contributed by atoms with Gasteiger partial charge in [-0.1, -0.05) is 0 Å². The molecule has 1 atom stereocenters. The van der Waals surface area contributed by atoms with Crippen molar-refractivity contribution in [1.82, 2.24) is 10.6 Å². The molecular weight excluding hydrogens is 214 g/mol. The highest BCUT2D eigenvalue weighted by atomic mass is 16.1. The monoisotopic (exact) mass is 233 g/mol. The van der Waals surface area contributed by atoms with Gasteiger partial charge in [0, 0.05) is 30.9 Å². The molecule has 92 valence electrons. The fourth-order valence-electron chi connectivity index (χ4n) is 2.11. The van der Waals surface area contributed by atoms with Gasteiger partial charge in [-0.15, -0.1) is 0 Å². The van der Waals surface area contributed by atoms with Crippen molar-refractivity contribution in [3.05, 3.63) is 29.3 Å². The predicted molar refractivity (Wildman–Crippen MR) is 69.5 cm³/mol. The summed E-state index contributed by atoms with van der Waals surface area (Å²) in [6, 6.07) is 6.26. The van der Waals surface area contributed by atoms with E-state index in [4.69, 9.17) is 0 Å². The number of hydrogen-bond acceptors (Lipinski definition) is 3. The first-order chi connectivity index (χ1) is 8.20. The number of carbonyl (C=O) groups is 1. The second-order valence-corrected chi connectivity index (χ2v) is 4.44. The Labute approximate surface area is 102 Å². The number of benzene rings is 1. The van der Waals surface area contributed by atoms with E-state index in [1.807, 2.05) is 25.1 Å². The van der Waals surface area contributed by atoms with Crippen LogP contribution in [0.25, 0.3) is 0 Å². The van der Waals surface area contributed by atoms with Gasteiger partial charge in [-0.3, -0.25) is 4.79 Å². The summed E-state index contributed by atoms with van der Waals surface area (Å²) in [6.07, 6.45) is 1.15. The Morgan fingerprint density at radius 1 is 1.47 bits per heavy atom. The molecule has 3 N–H and O–H groups in total. The number of nitrogens with one attached hydrogen (secondary N) is 3. The van der Waals surface area contributed by atoms with Gasteiger partial charge in [0.15, 0.2) is 0 Å². The summed E-state index contributed by atoms with van der Waals surface area (Å²) < 4.78 is 0. The molecule has 0 aromatic heterocycles. The van der Waals surface area contributed by atoms with E-state index in [2.05, 4.69) is 16.0 Å². The van der Waals surface area contributed by atoms with Crippen molar-refractivity contribution >= 4 is 11.6 Å². The van der Waals surface area contributed by atoms with Crippen molar-refractivity contribution in [3.63, 3.8) is 0 Å². The molecule has 1 heterocycles. The third-order valence-corrected chi connectivity index (χ3v) is 3.14. The van der Waals surface area contributed by atoms with E-state index >= 15 is 0 Å². The van der Waals surface area contributed by atoms with E-state index in [0.717, 1.165) is 30.8 Å². The van der Waals surface area contributed by atoms with Crippen LogP contribution < -0.4 is 16.0 Å². The Kier molecular flexibility index (Phi) is 3.64. The lowest BCUT2D eigenvalue weighted by Crippen LogP contribution is -2.23. The lowest BCUT2D eigenvalue weighted by Gasteiger charge is -2.15. The van der Waals surface area contributed by atoms with Crippen LogP contribution in [0.2, 0.25) is 0 Å². The summed E-state index contributed by atoms with van der Waals surface area (Å²) >= 11 is 0. The molecule has 0 spiro atoms. The van der Waals surface area contributed by atoms with Crippen molar-refractivity contribution in [1.29, 1.82) is 0 Å². The molecule has 1 amide bonds. The Morgan fingerprint density at radius 2 is 2.29 bits per heavy atom. The van der Waals surface area contributed by atoms with Crippen LogP contribution in [0.3, 0.4) is 0 Å². The van der Waals surface area contributed by atoms with Gasteiger partial charge < -0.3 is 16.0 Å². The SMILES string of the molecule is CNC(=O)c1ccc(NC2CCNC2)c(C)c1. The first kappa shape index (κ1) is 11.9. The third kappa shape index (κ3) is 2.77. The van der Waals surface area contributed by atoms with Crippen LogP contribution >= 0.6 is 0 Å². The van der Waals surface area contributed by atoms with Crippen LogP contribution in [0.5, 0.6) is 0 Å². The number of amides is 1. The lowest BCUT2D eigenvalue weighted by atomic mass is 10.1. The van der Waals surface area contributed by atoms with Crippen molar-refractivity contribution < 1.29 is 4.79 Å². The molecule has 0 aliphatic carbocycles. The number of anilines is 1. The number of rotatable bonds is 3. The molecule has 17 heavy (non-hydrogen) atoms. The molecule has 1 fully saturated rings. The zero-order valence-electron chi connectivity index (χ0n) is 10.3. The summed E-state index contributed by atoms with van der Waals surface area (Å²) in [4.78, 5) is 11.5. The summed E-state index contributed by atoms with van der Waals surface area (Å²) in [7, 11) is 1.65. The topological polar surface area (TPSA) is 53.2 Å². The molecule has 0 radical (unpaired) electrons. The molecule has 1 aliphatic rings. The summed E-state index contributed by atoms with van der Waals surface area (Å²) in [5.41, 5.74) is 2.93. The summed E-state index contributed by atoms with van der Waals surface area (Å²) in [6.45, 7) is 4.11. The van der Waals surface area contributed by atoms with Crippen LogP contribution in [0.1, 0.15) is 22.3 Å². The van der Waals surface area contributed by atoms with E-state index < -0.39 is 0 Å². The van der Waals surface area contributed by atoms with Gasteiger partial charge in [0.2, 0.25) is 0 Å². The molecule has 4 heteroatoms. The molecule has 1 aromatic rings. The Balaban J connectivity index is 2.10. The van der Waals surface area contributed by atoms with Crippen LogP contribution in [0.4, 0.5) is 5.69 Å². The molecule has 0 bridgehead atoms. The zero-order chi connectivity index (χ0) is 12.3. The molecule has 1 unspecified atom stereocenters. The average Bonchev–Trinajstić information content (AvgIpc) is 2.83. The average molecular weight is 233 g/mol. The second kappa shape index (κ2) is 5.19. The first-order valence-corrected chi connectivity index (χ1v) is 6.00. The second-order valence-electron chi connectivity index (χ2n) is 4.44. The largest absolute Gasteiger partial charge is 0.381 e. The fourth-order valence-corrected chi connectivity index (χ4v) is 2.11. The Hall–Kier alpha value is -1.55. The standard InChI is InChI=1S/C13H19N3O/c1-9-7-10(13(17)14-2)3-4-12(9)16-11-5-6-15-8-11/h3-4,7,11,15-16H,5-6,8H2,1-2H3,(H,14,17). The lowest BCUT2D eigenvalue weighted by molar-refractivity contribution is 0.0963. The van der Waals surface area contributed by atoms with Gasteiger partial charge in [-0.25, -0.2) is 0 Å². The maximum atomic E-state index is 11.5. The van der Waals surface area contributed by atoms with Crippen molar-refractivity contribution in [2.24, 2.45) is 0 Å². The minimum Gasteiger partial charge on any atom is -0.381 e. The van der Waals surface area contributed by atoms with Gasteiger partial charge in [0.1, 0.15) is 0 Å². The predicted octanol–water partition coefficient (Wildman–Crippen LogP) is 1.13. The number of aryl methyl sites for hydroxylation is 1. The van der Waals surface area contributed by atoms with E-state index in [9.17, 15) is 4.79 Å². The van der Waals surface area contributed by atoms with Crippen molar-refractivity contribution in [2.45, 2.75) is 19.4 Å². The molecule has 1 saturated heterocycles. The molecular formula is C13H19N3O. The molecule has 0 saturated carbocycles. The fraction of sp³-hybridized carbons (Fsp3) is 0.462. The van der Waals surface area contributed by atoms with Gasteiger partial charge in [0.05, 0.1) is 0 Å². The van der Waals surface area contributed by atoms with Crippen LogP contribution in [-0.2, 0) is 0 Å². The maximum absolute atomic E-state index is 11.5. The molecule has 2 rings (SSSR count). The van der Waals surface area contributed by atoms with Gasteiger partial charge in [-0.05, 0) is 43.7 Å². The molecule has 4 nitrogen and oxygen atoms in total. The van der Waals surface area contributed by atoms with Crippen LogP contribution in [0.15, 0.2) is 18.2 Å². The zero-order valence-corrected chi connectivity index (χ0v) is 10.3. The smallest absolute Gasteiger partial charge is 0.251 e. The van der Waals surface area contributed by atoms with Crippen LogP contribution in [-0.4, -0.2) is 32.1 Å². The van der Waals surface area contributed by atoms with Crippen molar-refractivity contribution in [2.75, 3.05) is 25.5 Å². The minimum absolute atomic E-state index is 0.0396. The molecule has 1 aromatic carbocycles. The first-order valence-electron chi connectivity index (χ1n) is 6.00. The van der Waals surface area contributed by atoms with Crippen molar-refractivity contribution in [3.8, 4) is 0 Å². The van der Waals surface area contributed by atoms with E-state index in [1.54, 1.807) is 7.05 Å². The minimum atomic E-state index is -0.0396. The summed E-state index contributed by atoms with van der Waals surface area (Å²) in [5.74, 6) is -0.0396. The highest BCUT2D eigenvalue weighted by Crippen LogP contribution is 2.18. The molecule has 1 aliphatic heterocycles. The number of hydrogen-bond donors (Lipinski definition) is 3. The highest BCUT2D eigenvalue weighted by Gasteiger charge is 2.15. The Morgan fingerprint density at radius 3 is 2.88 bits per heavy atom. The quantitative estimate of drug-likeness (QED) is 0.733. The maximum Gasteiger partial charge on any atom is 0.251 e. The van der Waals surface area contributed by atoms with Gasteiger partial charge in [0.25, 0.3) is 5.91 Å². The normalized spacial score (nSPS) is 19.1. The Bertz CT molecular complexity index is 411. The van der Waals surface area contributed by atoms with Gasteiger partial charge >= 0.3 is 0 Å². The highest BCUT2D eigenvalue weighted by molar-refractivity contribution is 5.94. The summed E-state index contributed by atoms with van der Waals surface area (Å²) in [5, 5.41) is 9.45. The third-order valence-electron chi connectivity index (χ3n) is 3.14. The van der Waals surface area contributed by atoms with E-state index in [-0.39, 0.29) is 5.91 Å². The van der Waals surface area contributed by atoms with Gasteiger partial charge in [-0.2, -0.15) is 0 Å². The van der Waals surface area contributed by atoms with E-state index in [0.29, 0.717) is 11.6 Å². The number of carbonyl (C=O) groups excluding carboxylic acids is 1. The van der Waals surface area contributed by atoms with Crippen LogP contribution in [0, 0.1) is 6.92 Å². The van der Waals surface area contributed by atoms with E-state index in [1.165, 1.54) is 0 Å².